The first-order chi connectivity index (χ1) is 15.5. The zero-order valence-corrected chi connectivity index (χ0v) is 19.7. The van der Waals surface area contributed by atoms with Crippen molar-refractivity contribution in [1.82, 2.24) is 14.9 Å². The number of anilines is 1. The van der Waals surface area contributed by atoms with Gasteiger partial charge in [0, 0.05) is 13.6 Å². The summed E-state index contributed by atoms with van der Waals surface area (Å²) in [5, 5.41) is 10.6. The Morgan fingerprint density at radius 1 is 1.25 bits per heavy atom. The molecule has 4 rings (SSSR count). The number of nitrogens with zero attached hydrogens (tertiary/aromatic N) is 4. The Kier molecular flexibility index (Phi) is 6.91. The Morgan fingerprint density at radius 2 is 2.03 bits per heavy atom. The number of aromatic nitrogens is 2. The van der Waals surface area contributed by atoms with Gasteiger partial charge < -0.3 is 19.6 Å². The minimum Gasteiger partial charge on any atom is -0.492 e. The summed E-state index contributed by atoms with van der Waals surface area (Å²) < 4.78 is 5.88. The number of aliphatic hydroxyl groups excluding tert-OH is 1. The largest absolute Gasteiger partial charge is 0.492 e. The number of likely N-dealkylation sites (N-methyl/N-ethyl adjacent to an activating group) is 1. The summed E-state index contributed by atoms with van der Waals surface area (Å²) in [7, 11) is 1.98. The van der Waals surface area contributed by atoms with Crippen molar-refractivity contribution < 1.29 is 14.6 Å². The molecule has 1 N–H and O–H groups in total. The number of carbonyl (C=O) groups is 1. The normalized spacial score (nSPS) is 16.4. The van der Waals surface area contributed by atoms with Crippen molar-refractivity contribution >= 4 is 33.3 Å². The molecule has 32 heavy (non-hydrogen) atoms. The van der Waals surface area contributed by atoms with Gasteiger partial charge in [0.2, 0.25) is 0 Å². The molecule has 2 aromatic heterocycles. The molecule has 1 amide bonds. The van der Waals surface area contributed by atoms with E-state index >= 15 is 0 Å². The van der Waals surface area contributed by atoms with E-state index in [1.807, 2.05) is 48.0 Å². The van der Waals surface area contributed by atoms with Crippen molar-refractivity contribution in [2.24, 2.45) is 0 Å². The predicted octanol–water partition coefficient (Wildman–Crippen LogP) is 3.81. The Bertz CT molecular complexity index is 1080. The van der Waals surface area contributed by atoms with Gasteiger partial charge in [-0.2, -0.15) is 0 Å². The summed E-state index contributed by atoms with van der Waals surface area (Å²) in [6, 6.07) is 7.90. The quantitative estimate of drug-likeness (QED) is 0.585. The maximum atomic E-state index is 13.3. The highest BCUT2D eigenvalue weighted by molar-refractivity contribution is 7.20. The van der Waals surface area contributed by atoms with Crippen LogP contribution in [0.5, 0.6) is 5.75 Å². The van der Waals surface area contributed by atoms with Crippen molar-refractivity contribution in [3.63, 3.8) is 0 Å². The average Bonchev–Trinajstić information content (AvgIpc) is 3.16. The first-order valence-electron chi connectivity index (χ1n) is 11.1. The lowest BCUT2D eigenvalue weighted by molar-refractivity contribution is 0.0507. The summed E-state index contributed by atoms with van der Waals surface area (Å²) >= 11 is 1.41. The summed E-state index contributed by atoms with van der Waals surface area (Å²) in [6.07, 6.45) is 4.42. The van der Waals surface area contributed by atoms with Crippen LogP contribution < -0.4 is 9.64 Å². The van der Waals surface area contributed by atoms with Crippen molar-refractivity contribution in [2.45, 2.75) is 39.2 Å². The maximum Gasteiger partial charge on any atom is 0.264 e. The molecule has 0 saturated carbocycles. The second-order valence-corrected chi connectivity index (χ2v) is 9.35. The Balaban J connectivity index is 1.53. The van der Waals surface area contributed by atoms with Crippen LogP contribution >= 0.6 is 11.3 Å². The number of hydrogen-bond acceptors (Lipinski definition) is 7. The lowest BCUT2D eigenvalue weighted by Crippen LogP contribution is -2.45. The zero-order valence-electron chi connectivity index (χ0n) is 18.9. The molecule has 3 heterocycles. The van der Waals surface area contributed by atoms with Gasteiger partial charge in [-0.15, -0.1) is 11.3 Å². The number of fused-ring (bicyclic) bond motifs is 1. The number of aliphatic hydroxyl groups is 1. The second-order valence-electron chi connectivity index (χ2n) is 8.35. The molecule has 0 bridgehead atoms. The minimum absolute atomic E-state index is 0.00442. The van der Waals surface area contributed by atoms with Crippen LogP contribution in [0.3, 0.4) is 0 Å². The molecule has 1 aliphatic rings. The fourth-order valence-corrected chi connectivity index (χ4v) is 5.27. The fourth-order valence-electron chi connectivity index (χ4n) is 4.18. The van der Waals surface area contributed by atoms with Gasteiger partial charge in [0.05, 0.1) is 29.5 Å². The molecule has 1 aromatic carbocycles. The number of carbonyl (C=O) groups excluding carboxylic acids is 1. The highest BCUT2D eigenvalue weighted by atomic mass is 32.1. The van der Waals surface area contributed by atoms with E-state index in [1.165, 1.54) is 16.9 Å². The van der Waals surface area contributed by atoms with Crippen molar-refractivity contribution in [2.75, 3.05) is 38.3 Å². The maximum absolute atomic E-state index is 13.3. The van der Waals surface area contributed by atoms with E-state index in [0.717, 1.165) is 46.6 Å². The van der Waals surface area contributed by atoms with Gasteiger partial charge in [0.1, 0.15) is 29.3 Å². The van der Waals surface area contributed by atoms with Crippen LogP contribution in [0, 0.1) is 13.8 Å². The number of thiophene rings is 1. The number of hydrogen-bond donors (Lipinski definition) is 1. The standard InChI is InChI=1S/C24H30N4O3S/c1-16-7-9-19(10-8-16)31-13-12-27(3)22-20-17(2)21(32-23(20)26-15-25-22)24(30)28-11-5-4-6-18(28)14-29/h7-10,15,18,29H,4-6,11-14H2,1-3H3/t18-/m0/s1. The van der Waals surface area contributed by atoms with E-state index in [-0.39, 0.29) is 18.6 Å². The number of benzene rings is 1. The fraction of sp³-hybridized carbons (Fsp3) is 0.458. The Labute approximate surface area is 192 Å². The van der Waals surface area contributed by atoms with E-state index in [9.17, 15) is 9.90 Å². The molecule has 1 fully saturated rings. The topological polar surface area (TPSA) is 78.8 Å². The molecular formula is C24H30N4O3S. The summed E-state index contributed by atoms with van der Waals surface area (Å²) in [4.78, 5) is 27.7. The van der Waals surface area contributed by atoms with E-state index in [2.05, 4.69) is 16.9 Å². The SMILES string of the molecule is Cc1ccc(OCCN(C)c2ncnc3sc(C(=O)N4CCCC[C@H]4CO)c(C)c23)cc1. The van der Waals surface area contributed by atoms with Crippen LogP contribution in [-0.2, 0) is 0 Å². The lowest BCUT2D eigenvalue weighted by atomic mass is 10.0. The summed E-state index contributed by atoms with van der Waals surface area (Å²) in [5.41, 5.74) is 2.10. The third-order valence-corrected chi connectivity index (χ3v) is 7.27. The first-order valence-corrected chi connectivity index (χ1v) is 11.9. The molecule has 0 spiro atoms. The van der Waals surface area contributed by atoms with Gasteiger partial charge in [-0.25, -0.2) is 9.97 Å². The number of piperidine rings is 1. The van der Waals surface area contributed by atoms with Crippen LogP contribution in [0.2, 0.25) is 0 Å². The average molecular weight is 455 g/mol. The van der Waals surface area contributed by atoms with Crippen LogP contribution in [-0.4, -0.2) is 65.3 Å². The van der Waals surface area contributed by atoms with Crippen molar-refractivity contribution in [1.29, 1.82) is 0 Å². The molecule has 1 atom stereocenters. The van der Waals surface area contributed by atoms with Crippen molar-refractivity contribution in [3.8, 4) is 5.75 Å². The first kappa shape index (κ1) is 22.5. The second kappa shape index (κ2) is 9.83. The highest BCUT2D eigenvalue weighted by Gasteiger charge is 2.30. The molecule has 170 valence electrons. The van der Waals surface area contributed by atoms with Gasteiger partial charge in [-0.1, -0.05) is 17.7 Å². The smallest absolute Gasteiger partial charge is 0.264 e. The Hall–Kier alpha value is -2.71. The third kappa shape index (κ3) is 4.56. The van der Waals surface area contributed by atoms with Crippen LogP contribution in [0.1, 0.15) is 40.1 Å². The van der Waals surface area contributed by atoms with E-state index in [1.54, 1.807) is 6.33 Å². The minimum atomic E-state index is -0.104. The Morgan fingerprint density at radius 3 is 2.78 bits per heavy atom. The number of amides is 1. The number of likely N-dealkylation sites (tertiary alicyclic amines) is 1. The summed E-state index contributed by atoms with van der Waals surface area (Å²) in [6.45, 7) is 5.88. The van der Waals surface area contributed by atoms with Gasteiger partial charge >= 0.3 is 0 Å². The van der Waals surface area contributed by atoms with E-state index in [0.29, 0.717) is 24.6 Å². The number of aryl methyl sites for hydroxylation is 2. The van der Waals surface area contributed by atoms with E-state index < -0.39 is 0 Å². The van der Waals surface area contributed by atoms with Gasteiger partial charge in [-0.3, -0.25) is 4.79 Å². The molecule has 7 nitrogen and oxygen atoms in total. The lowest BCUT2D eigenvalue weighted by Gasteiger charge is -2.34. The van der Waals surface area contributed by atoms with Crippen molar-refractivity contribution in [3.05, 3.63) is 46.6 Å². The van der Waals surface area contributed by atoms with Gasteiger partial charge in [0.15, 0.2) is 0 Å². The molecule has 0 aliphatic carbocycles. The molecule has 1 saturated heterocycles. The van der Waals surface area contributed by atoms with E-state index in [4.69, 9.17) is 4.74 Å². The molecule has 0 radical (unpaired) electrons. The molecule has 8 heteroatoms. The van der Waals surface area contributed by atoms with Gasteiger partial charge in [-0.05, 0) is 50.8 Å². The zero-order chi connectivity index (χ0) is 22.7. The molecule has 0 unspecified atom stereocenters. The van der Waals surface area contributed by atoms with Crippen LogP contribution in [0.4, 0.5) is 5.82 Å². The number of ether oxygens (including phenoxy) is 1. The van der Waals surface area contributed by atoms with Crippen LogP contribution in [0.15, 0.2) is 30.6 Å². The van der Waals surface area contributed by atoms with Crippen LogP contribution in [0.25, 0.3) is 10.2 Å². The monoisotopic (exact) mass is 454 g/mol. The highest BCUT2D eigenvalue weighted by Crippen LogP contribution is 2.36. The predicted molar refractivity (Wildman–Crippen MR) is 128 cm³/mol. The van der Waals surface area contributed by atoms with Gasteiger partial charge in [0.25, 0.3) is 5.91 Å². The molecule has 1 aliphatic heterocycles. The molecule has 3 aromatic rings. The third-order valence-electron chi connectivity index (χ3n) is 6.08. The summed E-state index contributed by atoms with van der Waals surface area (Å²) in [5.74, 6) is 1.63. The molecular weight excluding hydrogens is 424 g/mol. The number of rotatable bonds is 7.